The molecule has 0 saturated carbocycles. The Morgan fingerprint density at radius 1 is 1.04 bits per heavy atom. The summed E-state index contributed by atoms with van der Waals surface area (Å²) in [5.41, 5.74) is 10.7. The van der Waals surface area contributed by atoms with Gasteiger partial charge in [-0.15, -0.1) is 0 Å². The summed E-state index contributed by atoms with van der Waals surface area (Å²) >= 11 is 0. The zero-order valence-corrected chi connectivity index (χ0v) is 14.7. The fourth-order valence-electron chi connectivity index (χ4n) is 2.92. The van der Waals surface area contributed by atoms with Gasteiger partial charge in [0.2, 0.25) is 5.91 Å². The molecule has 4 rings (SSSR count). The molecule has 0 atom stereocenters. The summed E-state index contributed by atoms with van der Waals surface area (Å²) in [5, 5.41) is 6.92. The van der Waals surface area contributed by atoms with Crippen molar-refractivity contribution in [2.75, 3.05) is 16.4 Å². The van der Waals surface area contributed by atoms with Crippen LogP contribution in [-0.2, 0) is 4.79 Å². The van der Waals surface area contributed by atoms with E-state index in [4.69, 9.17) is 5.73 Å². The van der Waals surface area contributed by atoms with E-state index < -0.39 is 0 Å². The topological polar surface area (TPSA) is 109 Å². The molecule has 2 heterocycles. The lowest BCUT2D eigenvalue weighted by atomic mass is 10.1. The van der Waals surface area contributed by atoms with E-state index in [1.807, 2.05) is 54.6 Å². The minimum atomic E-state index is -0.117. The molecule has 0 radical (unpaired) electrons. The highest BCUT2D eigenvalue weighted by molar-refractivity contribution is 5.94. The Morgan fingerprint density at radius 3 is 2.67 bits per heavy atom. The Labute approximate surface area is 155 Å². The molecule has 0 unspecified atom stereocenters. The van der Waals surface area contributed by atoms with Crippen molar-refractivity contribution in [2.24, 2.45) is 0 Å². The summed E-state index contributed by atoms with van der Waals surface area (Å²) in [6, 6.07) is 17.1. The van der Waals surface area contributed by atoms with Crippen molar-refractivity contribution >= 4 is 39.8 Å². The molecule has 5 N–H and O–H groups in total. The van der Waals surface area contributed by atoms with Gasteiger partial charge in [-0.2, -0.15) is 0 Å². The molecule has 0 spiro atoms. The van der Waals surface area contributed by atoms with Crippen LogP contribution in [0.1, 0.15) is 6.92 Å². The summed E-state index contributed by atoms with van der Waals surface area (Å²) in [5.74, 6) is 0.556. The number of carbonyl (C=O) groups excluding carboxylic acids is 1. The number of hydrogen-bond acceptors (Lipinski definition) is 5. The van der Waals surface area contributed by atoms with Gasteiger partial charge in [0.15, 0.2) is 0 Å². The first-order valence-electron chi connectivity index (χ1n) is 8.43. The highest BCUT2D eigenvalue weighted by Crippen LogP contribution is 2.29. The zero-order valence-electron chi connectivity index (χ0n) is 14.7. The molecule has 7 heteroatoms. The number of nitrogens with one attached hydrogen (secondary N) is 3. The van der Waals surface area contributed by atoms with Crippen molar-refractivity contribution in [3.8, 4) is 11.3 Å². The van der Waals surface area contributed by atoms with Crippen LogP contribution in [-0.4, -0.2) is 20.9 Å². The van der Waals surface area contributed by atoms with Gasteiger partial charge in [0.25, 0.3) is 0 Å². The molecule has 2 aromatic carbocycles. The van der Waals surface area contributed by atoms with Crippen molar-refractivity contribution in [3.05, 3.63) is 60.9 Å². The lowest BCUT2D eigenvalue weighted by molar-refractivity contribution is -0.114. The van der Waals surface area contributed by atoms with E-state index in [2.05, 4.69) is 25.6 Å². The van der Waals surface area contributed by atoms with Crippen LogP contribution < -0.4 is 16.4 Å². The number of anilines is 4. The van der Waals surface area contributed by atoms with Crippen LogP contribution in [0.5, 0.6) is 0 Å². The molecular formula is C20H18N6O. The van der Waals surface area contributed by atoms with Gasteiger partial charge in [0.05, 0.1) is 5.39 Å². The smallest absolute Gasteiger partial charge is 0.221 e. The van der Waals surface area contributed by atoms with E-state index in [9.17, 15) is 4.79 Å². The van der Waals surface area contributed by atoms with Crippen LogP contribution >= 0.6 is 0 Å². The molecule has 134 valence electrons. The number of aromatic nitrogens is 3. The van der Waals surface area contributed by atoms with Crippen LogP contribution in [0.3, 0.4) is 0 Å². The Morgan fingerprint density at radius 2 is 1.85 bits per heavy atom. The Kier molecular flexibility index (Phi) is 4.18. The van der Waals surface area contributed by atoms with E-state index >= 15 is 0 Å². The molecule has 0 aliphatic carbocycles. The number of fused-ring (bicyclic) bond motifs is 1. The van der Waals surface area contributed by atoms with Gasteiger partial charge < -0.3 is 21.4 Å². The summed E-state index contributed by atoms with van der Waals surface area (Å²) in [7, 11) is 0. The lowest BCUT2D eigenvalue weighted by Crippen LogP contribution is -2.05. The monoisotopic (exact) mass is 358 g/mol. The third-order valence-corrected chi connectivity index (χ3v) is 4.07. The van der Waals surface area contributed by atoms with Gasteiger partial charge in [-0.3, -0.25) is 4.79 Å². The number of benzene rings is 2. The molecule has 0 saturated heterocycles. The van der Waals surface area contributed by atoms with E-state index in [1.165, 1.54) is 13.3 Å². The van der Waals surface area contributed by atoms with Gasteiger partial charge in [-0.05, 0) is 36.4 Å². The third kappa shape index (κ3) is 3.57. The average Bonchev–Trinajstić information content (AvgIpc) is 3.07. The standard InChI is InChI=1S/C20H18N6O/c1-12(27)24-15-6-3-7-16(9-15)25-19-17-10-18(26-20(17)23-11-22-19)13-4-2-5-14(21)8-13/h2-11H,21H2,1H3,(H,24,27)(H2,22,23,25,26). The highest BCUT2D eigenvalue weighted by atomic mass is 16.1. The first-order chi connectivity index (χ1) is 13.1. The Bertz CT molecular complexity index is 1130. The number of carbonyl (C=O) groups is 1. The summed E-state index contributed by atoms with van der Waals surface area (Å²) in [6.07, 6.45) is 1.50. The number of amides is 1. The summed E-state index contributed by atoms with van der Waals surface area (Å²) in [6.45, 7) is 1.48. The normalized spacial score (nSPS) is 10.7. The van der Waals surface area contributed by atoms with Gasteiger partial charge in [-0.25, -0.2) is 9.97 Å². The SMILES string of the molecule is CC(=O)Nc1cccc(Nc2ncnc3[nH]c(-c4cccc(N)c4)cc23)c1. The molecule has 2 aromatic heterocycles. The van der Waals surface area contributed by atoms with Crippen molar-refractivity contribution in [3.63, 3.8) is 0 Å². The second kappa shape index (κ2) is 6.80. The second-order valence-electron chi connectivity index (χ2n) is 6.18. The molecule has 7 nitrogen and oxygen atoms in total. The molecule has 0 bridgehead atoms. The predicted octanol–water partition coefficient (Wildman–Crippen LogP) is 3.91. The maximum atomic E-state index is 11.3. The molecule has 0 fully saturated rings. The Balaban J connectivity index is 1.69. The van der Waals surface area contributed by atoms with E-state index in [1.54, 1.807) is 0 Å². The lowest BCUT2D eigenvalue weighted by Gasteiger charge is -2.08. The maximum absolute atomic E-state index is 11.3. The number of aromatic amines is 1. The molecule has 4 aromatic rings. The largest absolute Gasteiger partial charge is 0.399 e. The van der Waals surface area contributed by atoms with Crippen LogP contribution in [0, 0.1) is 0 Å². The van der Waals surface area contributed by atoms with Crippen molar-refractivity contribution in [2.45, 2.75) is 6.92 Å². The van der Waals surface area contributed by atoms with Gasteiger partial charge in [0.1, 0.15) is 17.8 Å². The number of hydrogen-bond donors (Lipinski definition) is 4. The van der Waals surface area contributed by atoms with Crippen molar-refractivity contribution < 1.29 is 4.79 Å². The molecule has 1 amide bonds. The molecule has 27 heavy (non-hydrogen) atoms. The van der Waals surface area contributed by atoms with E-state index in [-0.39, 0.29) is 5.91 Å². The van der Waals surface area contributed by atoms with Crippen LogP contribution in [0.2, 0.25) is 0 Å². The molecule has 0 aliphatic rings. The number of nitrogens with zero attached hydrogens (tertiary/aromatic N) is 2. The van der Waals surface area contributed by atoms with Crippen molar-refractivity contribution in [1.82, 2.24) is 15.0 Å². The van der Waals surface area contributed by atoms with E-state index in [0.29, 0.717) is 17.2 Å². The fraction of sp³-hybridized carbons (Fsp3) is 0.0500. The van der Waals surface area contributed by atoms with Crippen LogP contribution in [0.15, 0.2) is 60.9 Å². The van der Waals surface area contributed by atoms with Crippen LogP contribution in [0.4, 0.5) is 22.9 Å². The van der Waals surface area contributed by atoms with Gasteiger partial charge in [-0.1, -0.05) is 18.2 Å². The van der Waals surface area contributed by atoms with Crippen LogP contribution in [0.25, 0.3) is 22.3 Å². The first kappa shape index (κ1) is 16.6. The first-order valence-corrected chi connectivity index (χ1v) is 8.43. The summed E-state index contributed by atoms with van der Waals surface area (Å²) in [4.78, 5) is 23.2. The predicted molar refractivity (Wildman–Crippen MR) is 108 cm³/mol. The number of rotatable bonds is 4. The minimum absolute atomic E-state index is 0.117. The number of H-pyrrole nitrogens is 1. The van der Waals surface area contributed by atoms with Crippen molar-refractivity contribution in [1.29, 1.82) is 0 Å². The van der Waals surface area contributed by atoms with Gasteiger partial charge >= 0.3 is 0 Å². The maximum Gasteiger partial charge on any atom is 0.221 e. The Hall–Kier alpha value is -3.87. The molecule has 0 aliphatic heterocycles. The number of nitrogens with two attached hydrogens (primary N) is 1. The molecular weight excluding hydrogens is 340 g/mol. The highest BCUT2D eigenvalue weighted by Gasteiger charge is 2.10. The number of nitrogen functional groups attached to an aromatic ring is 1. The average molecular weight is 358 g/mol. The fourth-order valence-corrected chi connectivity index (χ4v) is 2.92. The van der Waals surface area contributed by atoms with E-state index in [0.717, 1.165) is 28.0 Å². The quantitative estimate of drug-likeness (QED) is 0.414. The third-order valence-electron chi connectivity index (χ3n) is 4.07. The van der Waals surface area contributed by atoms with Gasteiger partial charge in [0, 0.05) is 35.2 Å². The zero-order chi connectivity index (χ0) is 18.8. The summed E-state index contributed by atoms with van der Waals surface area (Å²) < 4.78 is 0. The second-order valence-corrected chi connectivity index (χ2v) is 6.18. The minimum Gasteiger partial charge on any atom is -0.399 e.